The summed E-state index contributed by atoms with van der Waals surface area (Å²) in [5.41, 5.74) is 7.58. The molecule has 0 amide bonds. The van der Waals surface area contributed by atoms with E-state index in [2.05, 4.69) is 16.7 Å². The smallest absolute Gasteiger partial charge is 0.123 e. The van der Waals surface area contributed by atoms with E-state index in [1.54, 1.807) is 6.07 Å². The average molecular weight is 291 g/mol. The Bertz CT molecular complexity index is 491. The molecule has 2 unspecified atom stereocenters. The number of piperidine rings is 1. The van der Waals surface area contributed by atoms with Crippen LogP contribution in [0.1, 0.15) is 37.3 Å². The van der Waals surface area contributed by atoms with Crippen molar-refractivity contribution in [3.63, 3.8) is 0 Å². The molecule has 2 heterocycles. The Hall–Kier alpha value is -0.970. The van der Waals surface area contributed by atoms with E-state index in [-0.39, 0.29) is 5.82 Å². The molecule has 2 N–H and O–H groups in total. The lowest BCUT2D eigenvalue weighted by atomic mass is 9.96. The second-order valence-electron chi connectivity index (χ2n) is 6.59. The summed E-state index contributed by atoms with van der Waals surface area (Å²) in [4.78, 5) is 5.14. The Morgan fingerprint density at radius 3 is 2.81 bits per heavy atom. The van der Waals surface area contributed by atoms with E-state index in [1.165, 1.54) is 31.9 Å². The lowest BCUT2D eigenvalue weighted by molar-refractivity contribution is 0.0110. The monoisotopic (exact) mass is 291 g/mol. The molecule has 3 rings (SSSR count). The number of fused-ring (bicyclic) bond motifs is 1. The zero-order valence-corrected chi connectivity index (χ0v) is 12.9. The van der Waals surface area contributed by atoms with Crippen molar-refractivity contribution >= 4 is 0 Å². The lowest BCUT2D eigenvalue weighted by Crippen LogP contribution is -2.58. The summed E-state index contributed by atoms with van der Waals surface area (Å²) in [6, 6.07) is 6.45. The van der Waals surface area contributed by atoms with Crippen molar-refractivity contribution < 1.29 is 4.39 Å². The van der Waals surface area contributed by atoms with Crippen molar-refractivity contribution in [1.29, 1.82) is 0 Å². The first kappa shape index (κ1) is 14.9. The molecule has 2 aliphatic heterocycles. The minimum absolute atomic E-state index is 0.170. The first-order valence-electron chi connectivity index (χ1n) is 8.12. The number of rotatable bonds is 3. The summed E-state index contributed by atoms with van der Waals surface area (Å²) in [6.45, 7) is 7.01. The van der Waals surface area contributed by atoms with Crippen LogP contribution in [0.25, 0.3) is 0 Å². The molecule has 0 bridgehead atoms. The predicted octanol–water partition coefficient (Wildman–Crippen LogP) is 2.34. The molecule has 1 aromatic carbocycles. The van der Waals surface area contributed by atoms with Crippen LogP contribution in [-0.4, -0.2) is 41.5 Å². The van der Waals surface area contributed by atoms with Gasteiger partial charge in [-0.2, -0.15) is 0 Å². The second kappa shape index (κ2) is 6.42. The van der Waals surface area contributed by atoms with Gasteiger partial charge in [-0.3, -0.25) is 9.80 Å². The maximum atomic E-state index is 13.7. The predicted molar refractivity (Wildman–Crippen MR) is 83.4 cm³/mol. The Balaban J connectivity index is 1.70. The number of hydrogen-bond donors (Lipinski definition) is 1. The minimum atomic E-state index is -0.170. The zero-order valence-electron chi connectivity index (χ0n) is 12.9. The highest BCUT2D eigenvalue weighted by Crippen LogP contribution is 2.25. The maximum Gasteiger partial charge on any atom is 0.123 e. The van der Waals surface area contributed by atoms with E-state index in [0.29, 0.717) is 18.6 Å². The van der Waals surface area contributed by atoms with Gasteiger partial charge in [0.15, 0.2) is 0 Å². The number of nitrogens with zero attached hydrogens (tertiary/aromatic N) is 2. The number of hydrogen-bond acceptors (Lipinski definition) is 3. The van der Waals surface area contributed by atoms with E-state index in [4.69, 9.17) is 5.73 Å². The molecule has 2 aliphatic rings. The van der Waals surface area contributed by atoms with Gasteiger partial charge in [0.25, 0.3) is 0 Å². The van der Waals surface area contributed by atoms with Gasteiger partial charge in [-0.15, -0.1) is 0 Å². The van der Waals surface area contributed by atoms with Crippen molar-refractivity contribution in [2.24, 2.45) is 5.73 Å². The summed E-state index contributed by atoms with van der Waals surface area (Å²) in [7, 11) is 0. The molecule has 0 radical (unpaired) electrons. The fraction of sp³-hybridized carbons (Fsp3) is 0.647. The van der Waals surface area contributed by atoms with Gasteiger partial charge >= 0.3 is 0 Å². The van der Waals surface area contributed by atoms with Crippen LogP contribution in [0.2, 0.25) is 0 Å². The van der Waals surface area contributed by atoms with Crippen LogP contribution in [0.5, 0.6) is 0 Å². The molecular weight excluding hydrogens is 265 g/mol. The first-order valence-corrected chi connectivity index (χ1v) is 8.12. The Labute approximate surface area is 126 Å². The normalized spacial score (nSPS) is 27.6. The number of halogens is 1. The summed E-state index contributed by atoms with van der Waals surface area (Å²) in [6.07, 6.45) is 3.99. The number of piperazine rings is 1. The van der Waals surface area contributed by atoms with Gasteiger partial charge < -0.3 is 5.73 Å². The van der Waals surface area contributed by atoms with Crippen molar-refractivity contribution in [1.82, 2.24) is 9.80 Å². The number of nitrogens with two attached hydrogens (primary N) is 1. The average Bonchev–Trinajstić information content (AvgIpc) is 2.47. The molecule has 2 fully saturated rings. The van der Waals surface area contributed by atoms with Crippen molar-refractivity contribution in [2.75, 3.05) is 19.6 Å². The first-order chi connectivity index (χ1) is 10.2. The molecule has 0 aromatic heterocycles. The van der Waals surface area contributed by atoms with Crippen LogP contribution in [0.4, 0.5) is 4.39 Å². The summed E-state index contributed by atoms with van der Waals surface area (Å²) < 4.78 is 13.7. The van der Waals surface area contributed by atoms with Crippen molar-refractivity contribution in [2.45, 2.75) is 51.4 Å². The van der Waals surface area contributed by atoms with E-state index in [9.17, 15) is 4.39 Å². The molecule has 21 heavy (non-hydrogen) atoms. The van der Waals surface area contributed by atoms with Crippen molar-refractivity contribution in [3.8, 4) is 0 Å². The summed E-state index contributed by atoms with van der Waals surface area (Å²) in [5.74, 6) is -0.170. The largest absolute Gasteiger partial charge is 0.326 e. The van der Waals surface area contributed by atoms with Crippen LogP contribution in [0.3, 0.4) is 0 Å². The molecule has 4 heteroatoms. The SMILES string of the molecule is CC1CN2CCCCC2CN1Cc1cc(F)cc(CN)c1. The molecule has 2 atom stereocenters. The molecule has 0 aliphatic carbocycles. The molecule has 116 valence electrons. The summed E-state index contributed by atoms with van der Waals surface area (Å²) in [5, 5.41) is 0. The number of benzene rings is 1. The van der Waals surface area contributed by atoms with Gasteiger partial charge in [-0.05, 0) is 49.6 Å². The molecular formula is C17H26FN3. The van der Waals surface area contributed by atoms with Gasteiger partial charge in [0.2, 0.25) is 0 Å². The third-order valence-corrected chi connectivity index (χ3v) is 4.96. The van der Waals surface area contributed by atoms with Gasteiger partial charge in [0.1, 0.15) is 5.82 Å². The highest BCUT2D eigenvalue weighted by atomic mass is 19.1. The maximum absolute atomic E-state index is 13.7. The van der Waals surface area contributed by atoms with Crippen LogP contribution in [0.15, 0.2) is 18.2 Å². The molecule has 0 spiro atoms. The van der Waals surface area contributed by atoms with Crippen LogP contribution < -0.4 is 5.73 Å². The fourth-order valence-electron chi connectivity index (χ4n) is 3.79. The van der Waals surface area contributed by atoms with Gasteiger partial charge in [-0.1, -0.05) is 12.5 Å². The minimum Gasteiger partial charge on any atom is -0.326 e. The zero-order chi connectivity index (χ0) is 14.8. The van der Waals surface area contributed by atoms with E-state index < -0.39 is 0 Å². The third kappa shape index (κ3) is 3.44. The molecule has 3 nitrogen and oxygen atoms in total. The van der Waals surface area contributed by atoms with E-state index in [0.717, 1.165) is 30.8 Å². The highest BCUT2D eigenvalue weighted by Gasteiger charge is 2.32. The van der Waals surface area contributed by atoms with Crippen LogP contribution in [0, 0.1) is 5.82 Å². The topological polar surface area (TPSA) is 32.5 Å². The van der Waals surface area contributed by atoms with E-state index >= 15 is 0 Å². The van der Waals surface area contributed by atoms with Gasteiger partial charge in [0, 0.05) is 38.3 Å². The summed E-state index contributed by atoms with van der Waals surface area (Å²) >= 11 is 0. The fourth-order valence-corrected chi connectivity index (χ4v) is 3.79. The highest BCUT2D eigenvalue weighted by molar-refractivity contribution is 5.24. The molecule has 0 saturated carbocycles. The lowest BCUT2D eigenvalue weighted by Gasteiger charge is -2.47. The van der Waals surface area contributed by atoms with Crippen LogP contribution >= 0.6 is 0 Å². The Morgan fingerprint density at radius 1 is 1.19 bits per heavy atom. The Kier molecular flexibility index (Phi) is 4.57. The van der Waals surface area contributed by atoms with Gasteiger partial charge in [0.05, 0.1) is 0 Å². The molecule has 2 saturated heterocycles. The van der Waals surface area contributed by atoms with E-state index in [1.807, 2.05) is 6.07 Å². The standard InChI is InChI=1S/C17H26FN3/c1-13-10-20-5-3-2-4-17(20)12-21(13)11-15-6-14(9-19)7-16(18)8-15/h6-8,13,17H,2-5,9-12,19H2,1H3. The van der Waals surface area contributed by atoms with Gasteiger partial charge in [-0.25, -0.2) is 4.39 Å². The molecule has 1 aromatic rings. The second-order valence-corrected chi connectivity index (χ2v) is 6.59. The van der Waals surface area contributed by atoms with Crippen molar-refractivity contribution in [3.05, 3.63) is 35.1 Å². The third-order valence-electron chi connectivity index (χ3n) is 4.96. The Morgan fingerprint density at radius 2 is 2.00 bits per heavy atom. The quantitative estimate of drug-likeness (QED) is 0.928. The van der Waals surface area contributed by atoms with Crippen LogP contribution in [-0.2, 0) is 13.1 Å².